The summed E-state index contributed by atoms with van der Waals surface area (Å²) in [4.78, 5) is 25.9. The van der Waals surface area contributed by atoms with Crippen molar-refractivity contribution in [1.29, 1.82) is 0 Å². The highest BCUT2D eigenvalue weighted by molar-refractivity contribution is 5.89. The zero-order valence-electron chi connectivity index (χ0n) is 13.2. The Morgan fingerprint density at radius 1 is 1.48 bits per heavy atom. The Balaban J connectivity index is 1.80. The van der Waals surface area contributed by atoms with Gasteiger partial charge >= 0.3 is 0 Å². The molecule has 2 heterocycles. The lowest BCUT2D eigenvalue weighted by Gasteiger charge is -2.31. The van der Waals surface area contributed by atoms with Crippen LogP contribution in [0.3, 0.4) is 0 Å². The second kappa shape index (κ2) is 5.87. The molecule has 21 heavy (non-hydrogen) atoms. The molecule has 0 spiro atoms. The third-order valence-electron chi connectivity index (χ3n) is 3.71. The number of amides is 2. The number of likely N-dealkylation sites (tertiary alicyclic amines) is 1. The van der Waals surface area contributed by atoms with Gasteiger partial charge in [-0.2, -0.15) is 5.10 Å². The van der Waals surface area contributed by atoms with Crippen LogP contribution in [-0.2, 0) is 16.1 Å². The van der Waals surface area contributed by atoms with Crippen LogP contribution in [0, 0.1) is 12.8 Å². The van der Waals surface area contributed by atoms with Crippen molar-refractivity contribution >= 4 is 11.8 Å². The minimum absolute atomic E-state index is 0.0426. The highest BCUT2D eigenvalue weighted by Gasteiger charge is 2.39. The molecule has 1 aliphatic heterocycles. The Morgan fingerprint density at radius 3 is 2.71 bits per heavy atom. The van der Waals surface area contributed by atoms with Crippen LogP contribution in [0.2, 0.25) is 0 Å². The molecule has 2 amide bonds. The van der Waals surface area contributed by atoms with Crippen molar-refractivity contribution < 1.29 is 9.59 Å². The summed E-state index contributed by atoms with van der Waals surface area (Å²) in [5.74, 6) is -0.222. The molecule has 6 heteroatoms. The number of carbonyl (C=O) groups excluding carboxylic acids is 2. The van der Waals surface area contributed by atoms with E-state index in [1.165, 1.54) is 0 Å². The molecule has 1 fully saturated rings. The Hall–Kier alpha value is -1.85. The molecule has 0 saturated carbocycles. The van der Waals surface area contributed by atoms with Gasteiger partial charge in [0.2, 0.25) is 11.8 Å². The molecule has 0 bridgehead atoms. The molecule has 0 radical (unpaired) electrons. The van der Waals surface area contributed by atoms with Crippen LogP contribution in [0.4, 0.5) is 0 Å². The molecule has 0 aliphatic carbocycles. The zero-order chi connectivity index (χ0) is 15.6. The SMILES string of the molecule is Cc1cnn(CCNC(=O)[C@@H]2CC(=O)N(C(C)(C)C)C2)c1. The van der Waals surface area contributed by atoms with Gasteiger partial charge in [0.1, 0.15) is 0 Å². The van der Waals surface area contributed by atoms with E-state index in [4.69, 9.17) is 0 Å². The molecule has 1 atom stereocenters. The lowest BCUT2D eigenvalue weighted by molar-refractivity contribution is -0.132. The molecule has 1 aliphatic rings. The molecular weight excluding hydrogens is 268 g/mol. The number of carbonyl (C=O) groups is 2. The van der Waals surface area contributed by atoms with Crippen LogP contribution >= 0.6 is 0 Å². The fourth-order valence-corrected chi connectivity index (χ4v) is 2.56. The van der Waals surface area contributed by atoms with E-state index in [1.54, 1.807) is 15.8 Å². The highest BCUT2D eigenvalue weighted by Crippen LogP contribution is 2.25. The van der Waals surface area contributed by atoms with Gasteiger partial charge in [0.05, 0.1) is 18.7 Å². The van der Waals surface area contributed by atoms with E-state index in [0.29, 0.717) is 26.1 Å². The van der Waals surface area contributed by atoms with Gasteiger partial charge in [0, 0.05) is 31.2 Å². The topological polar surface area (TPSA) is 67.2 Å². The first kappa shape index (κ1) is 15.5. The smallest absolute Gasteiger partial charge is 0.225 e. The Morgan fingerprint density at radius 2 is 2.19 bits per heavy atom. The molecule has 1 aromatic heterocycles. The maximum absolute atomic E-state index is 12.1. The van der Waals surface area contributed by atoms with Crippen molar-refractivity contribution in [2.75, 3.05) is 13.1 Å². The summed E-state index contributed by atoms with van der Waals surface area (Å²) in [6.45, 7) is 9.63. The monoisotopic (exact) mass is 292 g/mol. The lowest BCUT2D eigenvalue weighted by atomic mass is 10.1. The maximum Gasteiger partial charge on any atom is 0.225 e. The summed E-state index contributed by atoms with van der Waals surface area (Å²) in [6, 6.07) is 0. The van der Waals surface area contributed by atoms with Crippen molar-refractivity contribution in [3.63, 3.8) is 0 Å². The summed E-state index contributed by atoms with van der Waals surface area (Å²) >= 11 is 0. The lowest BCUT2D eigenvalue weighted by Crippen LogP contribution is -2.43. The van der Waals surface area contributed by atoms with Gasteiger partial charge in [-0.15, -0.1) is 0 Å². The third kappa shape index (κ3) is 3.83. The van der Waals surface area contributed by atoms with Gasteiger partial charge < -0.3 is 10.2 Å². The third-order valence-corrected chi connectivity index (χ3v) is 3.71. The minimum Gasteiger partial charge on any atom is -0.354 e. The molecular formula is C15H24N4O2. The maximum atomic E-state index is 12.1. The number of hydrogen-bond donors (Lipinski definition) is 1. The van der Waals surface area contributed by atoms with E-state index in [-0.39, 0.29) is 23.3 Å². The predicted octanol–water partition coefficient (Wildman–Crippen LogP) is 0.955. The predicted molar refractivity (Wildman–Crippen MR) is 79.5 cm³/mol. The van der Waals surface area contributed by atoms with E-state index in [1.807, 2.05) is 33.9 Å². The summed E-state index contributed by atoms with van der Waals surface area (Å²) in [6.07, 6.45) is 4.04. The van der Waals surface area contributed by atoms with Gasteiger partial charge in [-0.25, -0.2) is 0 Å². The van der Waals surface area contributed by atoms with Crippen LogP contribution < -0.4 is 5.32 Å². The summed E-state index contributed by atoms with van der Waals surface area (Å²) in [5, 5.41) is 7.07. The van der Waals surface area contributed by atoms with Crippen molar-refractivity contribution in [2.45, 2.75) is 46.2 Å². The minimum atomic E-state index is -0.240. The van der Waals surface area contributed by atoms with Crippen molar-refractivity contribution in [3.8, 4) is 0 Å². The molecule has 1 saturated heterocycles. The average Bonchev–Trinajstić information content (AvgIpc) is 2.95. The number of rotatable bonds is 4. The van der Waals surface area contributed by atoms with Gasteiger partial charge in [-0.3, -0.25) is 14.3 Å². The van der Waals surface area contributed by atoms with Crippen LogP contribution in [0.5, 0.6) is 0 Å². The van der Waals surface area contributed by atoms with Crippen molar-refractivity contribution in [3.05, 3.63) is 18.0 Å². The molecule has 0 aromatic carbocycles. The van der Waals surface area contributed by atoms with Gasteiger partial charge in [-0.05, 0) is 33.3 Å². The van der Waals surface area contributed by atoms with E-state index < -0.39 is 0 Å². The molecule has 1 N–H and O–H groups in total. The number of nitrogens with zero attached hydrogens (tertiary/aromatic N) is 3. The largest absolute Gasteiger partial charge is 0.354 e. The quantitative estimate of drug-likeness (QED) is 0.898. The highest BCUT2D eigenvalue weighted by atomic mass is 16.2. The fourth-order valence-electron chi connectivity index (χ4n) is 2.56. The molecule has 6 nitrogen and oxygen atoms in total. The van der Waals surface area contributed by atoms with Crippen molar-refractivity contribution in [1.82, 2.24) is 20.0 Å². The number of nitrogens with one attached hydrogen (secondary N) is 1. The standard InChI is InChI=1S/C15H24N4O2/c1-11-8-17-18(9-11)6-5-16-14(21)12-7-13(20)19(10-12)15(2,3)4/h8-9,12H,5-7,10H2,1-4H3,(H,16,21)/t12-/m1/s1. The Bertz CT molecular complexity index is 530. The molecule has 0 unspecified atom stereocenters. The molecule has 116 valence electrons. The van der Waals surface area contributed by atoms with Crippen LogP contribution in [0.1, 0.15) is 32.8 Å². The van der Waals surface area contributed by atoms with E-state index in [2.05, 4.69) is 10.4 Å². The van der Waals surface area contributed by atoms with Crippen LogP contribution in [-0.4, -0.2) is 45.1 Å². The number of aryl methyl sites for hydroxylation is 1. The fraction of sp³-hybridized carbons (Fsp3) is 0.667. The normalized spacial score (nSPS) is 19.1. The summed E-state index contributed by atoms with van der Waals surface area (Å²) in [5.41, 5.74) is 0.877. The van der Waals surface area contributed by atoms with Crippen molar-refractivity contribution in [2.24, 2.45) is 5.92 Å². The Kier molecular flexibility index (Phi) is 4.34. The first-order valence-electron chi connectivity index (χ1n) is 7.34. The van der Waals surface area contributed by atoms with Gasteiger partial charge in [0.25, 0.3) is 0 Å². The number of aromatic nitrogens is 2. The van der Waals surface area contributed by atoms with E-state index in [9.17, 15) is 9.59 Å². The summed E-state index contributed by atoms with van der Waals surface area (Å²) < 4.78 is 1.80. The number of hydrogen-bond acceptors (Lipinski definition) is 3. The molecule has 2 rings (SSSR count). The first-order valence-corrected chi connectivity index (χ1v) is 7.34. The van der Waals surface area contributed by atoms with Gasteiger partial charge in [-0.1, -0.05) is 0 Å². The Labute approximate surface area is 125 Å². The van der Waals surface area contributed by atoms with Crippen LogP contribution in [0.25, 0.3) is 0 Å². The second-order valence-corrected chi connectivity index (χ2v) is 6.65. The second-order valence-electron chi connectivity index (χ2n) is 6.65. The zero-order valence-corrected chi connectivity index (χ0v) is 13.2. The van der Waals surface area contributed by atoms with Crippen LogP contribution in [0.15, 0.2) is 12.4 Å². The van der Waals surface area contributed by atoms with E-state index >= 15 is 0 Å². The van der Waals surface area contributed by atoms with E-state index in [0.717, 1.165) is 5.56 Å². The first-order chi connectivity index (χ1) is 9.77. The molecule has 1 aromatic rings. The summed E-state index contributed by atoms with van der Waals surface area (Å²) in [7, 11) is 0. The van der Waals surface area contributed by atoms with Gasteiger partial charge in [0.15, 0.2) is 0 Å². The average molecular weight is 292 g/mol.